The molecule has 1 aromatic rings. The summed E-state index contributed by atoms with van der Waals surface area (Å²) in [4.78, 5) is 0. The summed E-state index contributed by atoms with van der Waals surface area (Å²) < 4.78 is 5.33. The fourth-order valence-electron chi connectivity index (χ4n) is 1.000. The first-order chi connectivity index (χ1) is 5.75. The van der Waals surface area contributed by atoms with Crippen LogP contribution in [-0.4, -0.2) is 6.61 Å². The zero-order valence-electron chi connectivity index (χ0n) is 7.42. The van der Waals surface area contributed by atoms with Gasteiger partial charge in [-0.3, -0.25) is 0 Å². The Morgan fingerprint density at radius 2 is 2.17 bits per heavy atom. The number of ether oxygens (including phenoxy) is 1. The number of hydrogen-bond acceptors (Lipinski definition) is 1. The molecule has 62 valence electrons. The lowest BCUT2D eigenvalue weighted by Gasteiger charge is -2.07. The van der Waals surface area contributed by atoms with Gasteiger partial charge in [-0.2, -0.15) is 0 Å². The third-order valence-electron chi connectivity index (χ3n) is 1.87. The Kier molecular flexibility index (Phi) is 2.76. The molecule has 0 aliphatic rings. The third kappa shape index (κ3) is 1.79. The van der Waals surface area contributed by atoms with Crippen molar-refractivity contribution < 1.29 is 4.74 Å². The molecule has 1 aromatic carbocycles. The highest BCUT2D eigenvalue weighted by atomic mass is 16.5. The highest BCUT2D eigenvalue weighted by Crippen LogP contribution is 2.19. The normalized spacial score (nSPS) is 9.08. The molecule has 0 atom stereocenters. The van der Waals surface area contributed by atoms with E-state index in [4.69, 9.17) is 11.2 Å². The molecule has 1 heteroatoms. The van der Waals surface area contributed by atoms with Gasteiger partial charge >= 0.3 is 0 Å². The van der Waals surface area contributed by atoms with Crippen molar-refractivity contribution in [1.82, 2.24) is 0 Å². The van der Waals surface area contributed by atoms with Gasteiger partial charge in [-0.1, -0.05) is 18.1 Å². The molecule has 0 saturated carbocycles. The zero-order chi connectivity index (χ0) is 8.97. The van der Waals surface area contributed by atoms with Crippen LogP contribution in [0.2, 0.25) is 0 Å². The molecule has 0 saturated heterocycles. The molecule has 0 fully saturated rings. The van der Waals surface area contributed by atoms with E-state index in [2.05, 4.69) is 18.9 Å². The van der Waals surface area contributed by atoms with Gasteiger partial charge in [0.2, 0.25) is 0 Å². The Hall–Kier alpha value is -1.42. The molecule has 0 N–H and O–H groups in total. The number of hydrogen-bond donors (Lipinski definition) is 0. The second-order valence-corrected chi connectivity index (χ2v) is 2.69. The lowest BCUT2D eigenvalue weighted by molar-refractivity contribution is 0.367. The van der Waals surface area contributed by atoms with E-state index in [1.807, 2.05) is 19.1 Å². The van der Waals surface area contributed by atoms with Crippen LogP contribution in [0.4, 0.5) is 0 Å². The van der Waals surface area contributed by atoms with Crippen LogP contribution in [0.5, 0.6) is 5.75 Å². The Bertz CT molecular complexity index is 307. The van der Waals surface area contributed by atoms with Gasteiger partial charge in [0.05, 0.1) is 0 Å². The zero-order valence-corrected chi connectivity index (χ0v) is 7.42. The molecular formula is C11H12O. The van der Waals surface area contributed by atoms with Crippen LogP contribution >= 0.6 is 0 Å². The Balaban J connectivity index is 2.86. The second-order valence-electron chi connectivity index (χ2n) is 2.69. The standard InChI is InChI=1S/C11H12O/c1-4-8-12-11-7-5-6-9(2)10(11)3/h1,5-7H,8H2,2-3H3. The Labute approximate surface area is 73.4 Å². The van der Waals surface area contributed by atoms with Crippen molar-refractivity contribution >= 4 is 0 Å². The SMILES string of the molecule is C#CCOc1cccc(C)c1C. The van der Waals surface area contributed by atoms with Crippen LogP contribution in [0, 0.1) is 26.2 Å². The first kappa shape index (κ1) is 8.67. The fraction of sp³-hybridized carbons (Fsp3) is 0.273. The van der Waals surface area contributed by atoms with E-state index in [-0.39, 0.29) is 0 Å². The lowest BCUT2D eigenvalue weighted by atomic mass is 10.1. The van der Waals surface area contributed by atoms with E-state index >= 15 is 0 Å². The van der Waals surface area contributed by atoms with Crippen LogP contribution < -0.4 is 4.74 Å². The number of benzene rings is 1. The molecule has 0 spiro atoms. The molecule has 12 heavy (non-hydrogen) atoms. The first-order valence-corrected chi connectivity index (χ1v) is 3.88. The van der Waals surface area contributed by atoms with E-state index in [1.165, 1.54) is 5.56 Å². The molecule has 1 nitrogen and oxygen atoms in total. The maximum atomic E-state index is 5.33. The van der Waals surface area contributed by atoms with Crippen molar-refractivity contribution in [2.45, 2.75) is 13.8 Å². The van der Waals surface area contributed by atoms with Gasteiger partial charge in [-0.05, 0) is 31.0 Å². The summed E-state index contributed by atoms with van der Waals surface area (Å²) in [7, 11) is 0. The quantitative estimate of drug-likeness (QED) is 0.603. The van der Waals surface area contributed by atoms with E-state index in [1.54, 1.807) is 0 Å². The van der Waals surface area contributed by atoms with Gasteiger partial charge in [-0.15, -0.1) is 6.42 Å². The van der Waals surface area contributed by atoms with E-state index in [0.29, 0.717) is 6.61 Å². The molecule has 0 amide bonds. The van der Waals surface area contributed by atoms with Crippen molar-refractivity contribution in [3.8, 4) is 18.1 Å². The van der Waals surface area contributed by atoms with E-state index in [0.717, 1.165) is 11.3 Å². The number of rotatable bonds is 2. The van der Waals surface area contributed by atoms with Gasteiger partial charge in [0.1, 0.15) is 12.4 Å². The summed E-state index contributed by atoms with van der Waals surface area (Å²) in [5, 5.41) is 0. The van der Waals surface area contributed by atoms with Gasteiger partial charge in [0, 0.05) is 0 Å². The van der Waals surface area contributed by atoms with Crippen molar-refractivity contribution in [1.29, 1.82) is 0 Å². The van der Waals surface area contributed by atoms with Crippen LogP contribution in [0.15, 0.2) is 18.2 Å². The maximum Gasteiger partial charge on any atom is 0.148 e. The Morgan fingerprint density at radius 1 is 1.42 bits per heavy atom. The average molecular weight is 160 g/mol. The first-order valence-electron chi connectivity index (χ1n) is 3.88. The monoisotopic (exact) mass is 160 g/mol. The Morgan fingerprint density at radius 3 is 2.83 bits per heavy atom. The highest BCUT2D eigenvalue weighted by Gasteiger charge is 1.99. The summed E-state index contributed by atoms with van der Waals surface area (Å²) >= 11 is 0. The predicted octanol–water partition coefficient (Wildman–Crippen LogP) is 2.32. The topological polar surface area (TPSA) is 9.23 Å². The average Bonchev–Trinajstić information content (AvgIpc) is 2.08. The summed E-state index contributed by atoms with van der Waals surface area (Å²) in [6.07, 6.45) is 5.09. The molecule has 0 aromatic heterocycles. The highest BCUT2D eigenvalue weighted by molar-refractivity contribution is 5.38. The van der Waals surface area contributed by atoms with Gasteiger partial charge in [0.15, 0.2) is 0 Å². The summed E-state index contributed by atoms with van der Waals surface area (Å²) in [6, 6.07) is 5.95. The number of aryl methyl sites for hydroxylation is 1. The lowest BCUT2D eigenvalue weighted by Crippen LogP contribution is -1.96. The molecule has 1 rings (SSSR count). The minimum atomic E-state index is 0.338. The molecule has 0 aliphatic carbocycles. The third-order valence-corrected chi connectivity index (χ3v) is 1.87. The van der Waals surface area contributed by atoms with Gasteiger partial charge < -0.3 is 4.74 Å². The van der Waals surface area contributed by atoms with Crippen LogP contribution in [0.1, 0.15) is 11.1 Å². The van der Waals surface area contributed by atoms with Crippen molar-refractivity contribution in [3.05, 3.63) is 29.3 Å². The smallest absolute Gasteiger partial charge is 0.148 e. The molecule has 0 radical (unpaired) electrons. The van der Waals surface area contributed by atoms with Gasteiger partial charge in [-0.25, -0.2) is 0 Å². The van der Waals surface area contributed by atoms with Crippen LogP contribution in [0.25, 0.3) is 0 Å². The fourth-order valence-corrected chi connectivity index (χ4v) is 1.000. The van der Waals surface area contributed by atoms with Crippen molar-refractivity contribution in [2.75, 3.05) is 6.61 Å². The molecule has 0 unspecified atom stereocenters. The minimum Gasteiger partial charge on any atom is -0.481 e. The summed E-state index contributed by atoms with van der Waals surface area (Å²) in [5.41, 5.74) is 2.39. The molecular weight excluding hydrogens is 148 g/mol. The second kappa shape index (κ2) is 3.82. The van der Waals surface area contributed by atoms with Crippen molar-refractivity contribution in [3.63, 3.8) is 0 Å². The van der Waals surface area contributed by atoms with Gasteiger partial charge in [0.25, 0.3) is 0 Å². The number of terminal acetylenes is 1. The largest absolute Gasteiger partial charge is 0.481 e. The van der Waals surface area contributed by atoms with Crippen molar-refractivity contribution in [2.24, 2.45) is 0 Å². The van der Waals surface area contributed by atoms with E-state index < -0.39 is 0 Å². The predicted molar refractivity (Wildman–Crippen MR) is 50.2 cm³/mol. The molecule has 0 bridgehead atoms. The van der Waals surface area contributed by atoms with Crippen LogP contribution in [0.3, 0.4) is 0 Å². The summed E-state index contributed by atoms with van der Waals surface area (Å²) in [5.74, 6) is 3.32. The van der Waals surface area contributed by atoms with E-state index in [9.17, 15) is 0 Å². The molecule has 0 heterocycles. The molecule has 0 aliphatic heterocycles. The van der Waals surface area contributed by atoms with Crippen LogP contribution in [-0.2, 0) is 0 Å². The maximum absolute atomic E-state index is 5.33. The summed E-state index contributed by atoms with van der Waals surface area (Å²) in [6.45, 7) is 4.42. The minimum absolute atomic E-state index is 0.338.